The number of sulfonamides is 1. The van der Waals surface area contributed by atoms with Crippen molar-refractivity contribution < 1.29 is 18.1 Å². The Morgan fingerprint density at radius 3 is 2.27 bits per heavy atom. The van der Waals surface area contributed by atoms with Crippen molar-refractivity contribution in [3.8, 4) is 5.75 Å². The molecule has 0 spiro atoms. The van der Waals surface area contributed by atoms with Crippen LogP contribution in [0.25, 0.3) is 0 Å². The second-order valence-corrected chi connectivity index (χ2v) is 8.66. The maximum Gasteiger partial charge on any atom is 0.270 e. The molecule has 0 N–H and O–H groups in total. The van der Waals surface area contributed by atoms with E-state index in [1.54, 1.807) is 56.5 Å². The lowest BCUT2D eigenvalue weighted by molar-refractivity contribution is -0.385. The third-order valence-electron chi connectivity index (χ3n) is 4.79. The van der Waals surface area contributed by atoms with E-state index < -0.39 is 21.0 Å². The quantitative estimate of drug-likeness (QED) is 0.397. The summed E-state index contributed by atoms with van der Waals surface area (Å²) in [5.74, 6) is 0.662. The van der Waals surface area contributed by atoms with Crippen LogP contribution < -0.4 is 9.04 Å². The summed E-state index contributed by atoms with van der Waals surface area (Å²) in [4.78, 5) is 10.4. The van der Waals surface area contributed by atoms with Gasteiger partial charge in [-0.15, -0.1) is 0 Å². The first-order valence-corrected chi connectivity index (χ1v) is 10.7. The van der Waals surface area contributed by atoms with Crippen molar-refractivity contribution >= 4 is 21.4 Å². The largest absolute Gasteiger partial charge is 0.497 e. The van der Waals surface area contributed by atoms with Gasteiger partial charge in [-0.2, -0.15) is 0 Å². The average Bonchev–Trinajstić information content (AvgIpc) is 2.74. The normalized spacial score (nSPS) is 12.2. The van der Waals surface area contributed by atoms with Crippen molar-refractivity contribution in [3.63, 3.8) is 0 Å². The van der Waals surface area contributed by atoms with Crippen LogP contribution in [0.2, 0.25) is 0 Å². The first-order valence-electron chi connectivity index (χ1n) is 9.23. The number of non-ortho nitro benzene ring substituents is 1. The summed E-state index contributed by atoms with van der Waals surface area (Å²) in [5, 5.41) is 11.2. The van der Waals surface area contributed by atoms with Crippen LogP contribution in [-0.4, -0.2) is 20.5 Å². The molecule has 0 aliphatic carbocycles. The maximum atomic E-state index is 13.6. The van der Waals surface area contributed by atoms with Gasteiger partial charge in [-0.3, -0.25) is 14.4 Å². The van der Waals surface area contributed by atoms with Gasteiger partial charge in [0.25, 0.3) is 15.7 Å². The first kappa shape index (κ1) is 21.3. The lowest BCUT2D eigenvalue weighted by atomic mass is 10.1. The monoisotopic (exact) mass is 426 g/mol. The number of methoxy groups -OCH3 is 1. The number of hydrogen-bond acceptors (Lipinski definition) is 5. The van der Waals surface area contributed by atoms with Crippen LogP contribution in [0.3, 0.4) is 0 Å². The van der Waals surface area contributed by atoms with Crippen molar-refractivity contribution in [2.75, 3.05) is 11.4 Å². The van der Waals surface area contributed by atoms with Crippen LogP contribution >= 0.6 is 0 Å². The van der Waals surface area contributed by atoms with Crippen molar-refractivity contribution in [3.05, 3.63) is 94.0 Å². The minimum Gasteiger partial charge on any atom is -0.497 e. The molecule has 3 aromatic rings. The molecule has 0 heterocycles. The maximum absolute atomic E-state index is 13.6. The topological polar surface area (TPSA) is 89.8 Å². The van der Waals surface area contributed by atoms with Crippen LogP contribution in [0.4, 0.5) is 11.4 Å². The van der Waals surface area contributed by atoms with E-state index in [-0.39, 0.29) is 10.6 Å². The van der Waals surface area contributed by atoms with Gasteiger partial charge in [0.15, 0.2) is 0 Å². The van der Waals surface area contributed by atoms with Gasteiger partial charge >= 0.3 is 0 Å². The van der Waals surface area contributed by atoms with E-state index in [4.69, 9.17) is 4.74 Å². The summed E-state index contributed by atoms with van der Waals surface area (Å²) in [6, 6.07) is 18.8. The molecule has 0 aliphatic heterocycles. The van der Waals surface area contributed by atoms with Crippen molar-refractivity contribution in [2.45, 2.75) is 24.8 Å². The summed E-state index contributed by atoms with van der Waals surface area (Å²) < 4.78 is 33.7. The molecule has 0 amide bonds. The molecule has 8 heteroatoms. The molecular weight excluding hydrogens is 404 g/mol. The van der Waals surface area contributed by atoms with Gasteiger partial charge < -0.3 is 4.74 Å². The minimum absolute atomic E-state index is 0.140. The molecule has 3 rings (SSSR count). The van der Waals surface area contributed by atoms with Crippen molar-refractivity contribution in [1.82, 2.24) is 0 Å². The molecule has 0 saturated heterocycles. The van der Waals surface area contributed by atoms with Crippen LogP contribution in [0, 0.1) is 17.0 Å². The second-order valence-electron chi connectivity index (χ2n) is 6.84. The zero-order chi connectivity index (χ0) is 21.9. The molecule has 7 nitrogen and oxygen atoms in total. The highest BCUT2D eigenvalue weighted by atomic mass is 32.2. The number of anilines is 1. The van der Waals surface area contributed by atoms with Crippen LogP contribution in [0.5, 0.6) is 5.75 Å². The lowest BCUT2D eigenvalue weighted by Crippen LogP contribution is -2.33. The highest BCUT2D eigenvalue weighted by molar-refractivity contribution is 7.92. The average molecular weight is 426 g/mol. The molecule has 156 valence electrons. The Kier molecular flexibility index (Phi) is 6.07. The minimum atomic E-state index is -4.09. The molecule has 0 bridgehead atoms. The van der Waals surface area contributed by atoms with Crippen LogP contribution in [0.15, 0.2) is 77.7 Å². The molecule has 1 atom stereocenters. The van der Waals surface area contributed by atoms with Crippen molar-refractivity contribution in [2.24, 2.45) is 0 Å². The number of nitro groups is 1. The summed E-state index contributed by atoms with van der Waals surface area (Å²) in [6.07, 6.45) is 0. The summed E-state index contributed by atoms with van der Waals surface area (Å²) in [7, 11) is -2.53. The predicted octanol–water partition coefficient (Wildman–Crippen LogP) is 4.87. The van der Waals surface area contributed by atoms with E-state index >= 15 is 0 Å². The molecule has 0 fully saturated rings. The SMILES string of the molecule is COc1ccc(C(C)N(c2cccc(C)c2)S(=O)(=O)c2cccc([N+](=O)[O-])c2)cc1. The fourth-order valence-electron chi connectivity index (χ4n) is 3.22. The lowest BCUT2D eigenvalue weighted by Gasteiger charge is -2.31. The summed E-state index contributed by atoms with van der Waals surface area (Å²) >= 11 is 0. The standard InChI is InChI=1S/C22H22N2O5S/c1-16-6-4-7-19(14-16)23(17(2)18-10-12-21(29-3)13-11-18)30(27,28)22-9-5-8-20(15-22)24(25)26/h4-15,17H,1-3H3. The Morgan fingerprint density at radius 2 is 1.67 bits per heavy atom. The molecule has 0 aromatic heterocycles. The van der Waals surface area contributed by atoms with E-state index in [9.17, 15) is 18.5 Å². The van der Waals surface area contributed by atoms with Crippen LogP contribution in [-0.2, 0) is 10.0 Å². The van der Waals surface area contributed by atoms with E-state index in [1.807, 2.05) is 13.0 Å². The fraction of sp³-hybridized carbons (Fsp3) is 0.182. The molecule has 30 heavy (non-hydrogen) atoms. The zero-order valence-electron chi connectivity index (χ0n) is 16.8. The second kappa shape index (κ2) is 8.54. The van der Waals surface area contributed by atoms with Gasteiger partial charge in [-0.05, 0) is 55.3 Å². The number of benzene rings is 3. The Morgan fingerprint density at radius 1 is 1.00 bits per heavy atom. The summed E-state index contributed by atoms with van der Waals surface area (Å²) in [5.41, 5.74) is 1.85. The molecule has 1 unspecified atom stereocenters. The first-order chi connectivity index (χ1) is 14.2. The molecule has 0 radical (unpaired) electrons. The van der Waals surface area contributed by atoms with E-state index in [0.717, 1.165) is 17.2 Å². The van der Waals surface area contributed by atoms with E-state index in [1.165, 1.54) is 22.5 Å². The molecule has 0 aliphatic rings. The van der Waals surface area contributed by atoms with Crippen molar-refractivity contribution in [1.29, 1.82) is 0 Å². The summed E-state index contributed by atoms with van der Waals surface area (Å²) in [6.45, 7) is 3.65. The number of nitro benzene ring substituents is 1. The molecular formula is C22H22N2O5S. The third-order valence-corrected chi connectivity index (χ3v) is 6.69. The van der Waals surface area contributed by atoms with E-state index in [2.05, 4.69) is 0 Å². The number of rotatable bonds is 7. The van der Waals surface area contributed by atoms with Gasteiger partial charge in [0, 0.05) is 12.1 Å². The smallest absolute Gasteiger partial charge is 0.270 e. The third kappa shape index (κ3) is 4.28. The highest BCUT2D eigenvalue weighted by Gasteiger charge is 2.31. The van der Waals surface area contributed by atoms with E-state index in [0.29, 0.717) is 11.4 Å². The molecule has 0 saturated carbocycles. The Balaban J connectivity index is 2.15. The van der Waals surface area contributed by atoms with Gasteiger partial charge in [0.05, 0.1) is 28.7 Å². The van der Waals surface area contributed by atoms with Gasteiger partial charge in [-0.1, -0.05) is 30.3 Å². The Labute approximate surface area is 175 Å². The number of nitrogens with zero attached hydrogens (tertiary/aromatic N) is 2. The zero-order valence-corrected chi connectivity index (χ0v) is 17.7. The Bertz CT molecular complexity index is 1160. The Hall–Kier alpha value is -3.39. The van der Waals surface area contributed by atoms with Gasteiger partial charge in [0.2, 0.25) is 0 Å². The predicted molar refractivity (Wildman–Crippen MR) is 115 cm³/mol. The van der Waals surface area contributed by atoms with Crippen LogP contribution in [0.1, 0.15) is 24.1 Å². The van der Waals surface area contributed by atoms with Gasteiger partial charge in [0.1, 0.15) is 5.75 Å². The number of aryl methyl sites for hydroxylation is 1. The number of hydrogen-bond donors (Lipinski definition) is 0. The molecule has 3 aromatic carbocycles. The highest BCUT2D eigenvalue weighted by Crippen LogP contribution is 2.35. The fourth-order valence-corrected chi connectivity index (χ4v) is 4.90. The number of ether oxygens (including phenoxy) is 1. The van der Waals surface area contributed by atoms with Gasteiger partial charge in [-0.25, -0.2) is 8.42 Å².